The Morgan fingerprint density at radius 1 is 1.13 bits per heavy atom. The van der Waals surface area contributed by atoms with E-state index in [1.165, 1.54) is 12.8 Å². The van der Waals surface area contributed by atoms with Gasteiger partial charge in [-0.3, -0.25) is 4.99 Å². The highest BCUT2D eigenvalue weighted by Crippen LogP contribution is 2.18. The summed E-state index contributed by atoms with van der Waals surface area (Å²) in [4.78, 5) is 6.77. The normalized spacial score (nSPS) is 20.8. The summed E-state index contributed by atoms with van der Waals surface area (Å²) >= 11 is 0. The summed E-state index contributed by atoms with van der Waals surface area (Å²) in [6, 6.07) is 7.67. The molecule has 1 N–H and O–H groups in total. The van der Waals surface area contributed by atoms with Crippen LogP contribution in [0.25, 0.3) is 0 Å². The third-order valence-corrected chi connectivity index (χ3v) is 5.68. The Kier molecular flexibility index (Phi) is 9.57. The summed E-state index contributed by atoms with van der Waals surface area (Å²) in [6.45, 7) is 5.07. The molecule has 0 aromatic heterocycles. The Morgan fingerprint density at radius 3 is 2.57 bits per heavy atom. The van der Waals surface area contributed by atoms with E-state index in [4.69, 9.17) is 18.9 Å². The average Bonchev–Trinajstić information content (AvgIpc) is 2.81. The van der Waals surface area contributed by atoms with E-state index in [1.54, 1.807) is 7.11 Å². The van der Waals surface area contributed by atoms with E-state index in [1.807, 2.05) is 31.3 Å². The highest BCUT2D eigenvalue weighted by molar-refractivity contribution is 5.79. The molecule has 7 nitrogen and oxygen atoms in total. The summed E-state index contributed by atoms with van der Waals surface area (Å²) in [5.41, 5.74) is 0. The van der Waals surface area contributed by atoms with Crippen LogP contribution in [0.15, 0.2) is 29.3 Å². The highest BCUT2D eigenvalue weighted by Gasteiger charge is 2.23. The summed E-state index contributed by atoms with van der Waals surface area (Å²) in [5.74, 6) is 2.67. The third-order valence-electron chi connectivity index (χ3n) is 5.68. The number of hydrogen-bond acceptors (Lipinski definition) is 5. The second-order valence-corrected chi connectivity index (χ2v) is 7.86. The van der Waals surface area contributed by atoms with E-state index in [-0.39, 0.29) is 0 Å². The molecule has 2 heterocycles. The number of nitrogens with zero attached hydrogens (tertiary/aromatic N) is 2. The minimum Gasteiger partial charge on any atom is -0.497 e. The number of ether oxygens (including phenoxy) is 4. The molecule has 1 atom stereocenters. The van der Waals surface area contributed by atoms with Gasteiger partial charge in [0.2, 0.25) is 0 Å². The maximum Gasteiger partial charge on any atom is 0.193 e. The topological polar surface area (TPSA) is 64.6 Å². The zero-order valence-corrected chi connectivity index (χ0v) is 18.5. The fraction of sp³-hybridized carbons (Fsp3) is 0.696. The number of likely N-dealkylation sites (tertiary alicyclic amines) is 1. The minimum atomic E-state index is 0.298. The Bertz CT molecular complexity index is 624. The van der Waals surface area contributed by atoms with Crippen molar-refractivity contribution in [3.63, 3.8) is 0 Å². The Hall–Kier alpha value is -1.99. The quantitative estimate of drug-likeness (QED) is 0.377. The van der Waals surface area contributed by atoms with Gasteiger partial charge in [-0.05, 0) is 62.8 Å². The molecular weight excluding hydrogens is 382 g/mol. The van der Waals surface area contributed by atoms with Crippen molar-refractivity contribution in [2.24, 2.45) is 4.99 Å². The zero-order valence-electron chi connectivity index (χ0n) is 18.5. The van der Waals surface area contributed by atoms with Crippen LogP contribution in [-0.4, -0.2) is 76.7 Å². The lowest BCUT2D eigenvalue weighted by molar-refractivity contribution is -0.0721. The molecular formula is C23H37N3O4. The Morgan fingerprint density at radius 2 is 1.90 bits per heavy atom. The van der Waals surface area contributed by atoms with Crippen LogP contribution in [0.4, 0.5) is 0 Å². The van der Waals surface area contributed by atoms with E-state index in [0.29, 0.717) is 18.8 Å². The summed E-state index contributed by atoms with van der Waals surface area (Å²) in [5, 5.41) is 3.46. The first-order valence-corrected chi connectivity index (χ1v) is 11.2. The SMILES string of the molecule is CN=C(NCCCOc1ccc(OC)cc1)N1CCC(OCC2CCCCO2)CC1. The molecule has 1 aromatic carbocycles. The molecule has 1 unspecified atom stereocenters. The Labute approximate surface area is 180 Å². The van der Waals surface area contributed by atoms with Gasteiger partial charge in [0.15, 0.2) is 5.96 Å². The van der Waals surface area contributed by atoms with Crippen molar-refractivity contribution in [3.05, 3.63) is 24.3 Å². The van der Waals surface area contributed by atoms with Crippen LogP contribution in [0.2, 0.25) is 0 Å². The predicted molar refractivity (Wildman–Crippen MR) is 119 cm³/mol. The van der Waals surface area contributed by atoms with Crippen LogP contribution in [0, 0.1) is 0 Å². The molecule has 2 aliphatic rings. The van der Waals surface area contributed by atoms with Gasteiger partial charge in [-0.15, -0.1) is 0 Å². The van der Waals surface area contributed by atoms with Gasteiger partial charge >= 0.3 is 0 Å². The van der Waals surface area contributed by atoms with Crippen LogP contribution in [0.5, 0.6) is 11.5 Å². The Balaban J connectivity index is 1.27. The number of rotatable bonds is 9. The fourth-order valence-electron chi connectivity index (χ4n) is 3.88. The molecule has 2 saturated heterocycles. The van der Waals surface area contributed by atoms with E-state index < -0.39 is 0 Å². The number of guanidine groups is 1. The fourth-order valence-corrected chi connectivity index (χ4v) is 3.88. The highest BCUT2D eigenvalue weighted by atomic mass is 16.5. The number of piperidine rings is 1. The van der Waals surface area contributed by atoms with Gasteiger partial charge in [-0.1, -0.05) is 0 Å². The zero-order chi connectivity index (χ0) is 21.0. The van der Waals surface area contributed by atoms with Crippen LogP contribution in [-0.2, 0) is 9.47 Å². The van der Waals surface area contributed by atoms with Gasteiger partial charge in [0, 0.05) is 33.3 Å². The standard InChI is InChI=1S/C23H37N3O4/c1-24-23(25-13-5-17-28-20-9-7-19(27-2)8-10-20)26-14-11-21(12-15-26)30-18-22-6-3-4-16-29-22/h7-10,21-22H,3-6,11-18H2,1-2H3,(H,24,25). The molecule has 2 aliphatic heterocycles. The van der Waals surface area contributed by atoms with Gasteiger partial charge in [0.1, 0.15) is 11.5 Å². The van der Waals surface area contributed by atoms with Crippen LogP contribution < -0.4 is 14.8 Å². The first-order chi connectivity index (χ1) is 14.8. The number of methoxy groups -OCH3 is 1. The summed E-state index contributed by atoms with van der Waals surface area (Å²) in [7, 11) is 3.51. The molecule has 0 bridgehead atoms. The van der Waals surface area contributed by atoms with Crippen molar-refractivity contribution < 1.29 is 18.9 Å². The first kappa shape index (κ1) is 22.7. The van der Waals surface area contributed by atoms with Gasteiger partial charge in [0.25, 0.3) is 0 Å². The van der Waals surface area contributed by atoms with Gasteiger partial charge in [-0.25, -0.2) is 0 Å². The summed E-state index contributed by atoms with van der Waals surface area (Å²) < 4.78 is 22.8. The van der Waals surface area contributed by atoms with E-state index in [2.05, 4.69) is 15.2 Å². The molecule has 1 aromatic rings. The molecule has 0 spiro atoms. The number of hydrogen-bond donors (Lipinski definition) is 1. The minimum absolute atomic E-state index is 0.298. The molecule has 0 aliphatic carbocycles. The molecule has 168 valence electrons. The van der Waals surface area contributed by atoms with E-state index in [9.17, 15) is 0 Å². The van der Waals surface area contributed by atoms with Crippen LogP contribution >= 0.6 is 0 Å². The molecule has 0 saturated carbocycles. The lowest BCUT2D eigenvalue weighted by Crippen LogP contribution is -2.47. The van der Waals surface area contributed by atoms with Crippen molar-refractivity contribution in [3.8, 4) is 11.5 Å². The lowest BCUT2D eigenvalue weighted by Gasteiger charge is -2.35. The second-order valence-electron chi connectivity index (χ2n) is 7.86. The van der Waals surface area contributed by atoms with Crippen LogP contribution in [0.3, 0.4) is 0 Å². The van der Waals surface area contributed by atoms with Crippen molar-refractivity contribution in [2.75, 3.05) is 53.6 Å². The lowest BCUT2D eigenvalue weighted by atomic mass is 10.1. The molecule has 3 rings (SSSR count). The second kappa shape index (κ2) is 12.6. The summed E-state index contributed by atoms with van der Waals surface area (Å²) in [6.07, 6.45) is 7.20. The van der Waals surface area contributed by atoms with Gasteiger partial charge < -0.3 is 29.2 Å². The van der Waals surface area contributed by atoms with Crippen molar-refractivity contribution in [2.45, 2.75) is 50.7 Å². The monoisotopic (exact) mass is 419 g/mol. The van der Waals surface area contributed by atoms with Crippen LogP contribution in [0.1, 0.15) is 38.5 Å². The smallest absolute Gasteiger partial charge is 0.193 e. The van der Waals surface area contributed by atoms with E-state index >= 15 is 0 Å². The third kappa shape index (κ3) is 7.36. The molecule has 0 radical (unpaired) electrons. The molecule has 2 fully saturated rings. The van der Waals surface area contributed by atoms with Crippen molar-refractivity contribution >= 4 is 5.96 Å². The van der Waals surface area contributed by atoms with Crippen molar-refractivity contribution in [1.29, 1.82) is 0 Å². The average molecular weight is 420 g/mol. The largest absolute Gasteiger partial charge is 0.497 e. The van der Waals surface area contributed by atoms with Gasteiger partial charge in [-0.2, -0.15) is 0 Å². The maximum atomic E-state index is 6.12. The number of aliphatic imine (C=N–C) groups is 1. The van der Waals surface area contributed by atoms with Crippen molar-refractivity contribution in [1.82, 2.24) is 10.2 Å². The molecule has 0 amide bonds. The van der Waals surface area contributed by atoms with Gasteiger partial charge in [0.05, 0.1) is 32.5 Å². The molecule has 30 heavy (non-hydrogen) atoms. The number of nitrogens with one attached hydrogen (secondary N) is 1. The molecule has 7 heteroatoms. The maximum absolute atomic E-state index is 6.12. The first-order valence-electron chi connectivity index (χ1n) is 11.2. The number of benzene rings is 1. The predicted octanol–water partition coefficient (Wildman–Crippen LogP) is 3.09. The van der Waals surface area contributed by atoms with E-state index in [0.717, 1.165) is 76.0 Å².